The molecular formula is C22H24N2O3. The molecule has 0 spiro atoms. The van der Waals surface area contributed by atoms with Gasteiger partial charge >= 0.3 is 0 Å². The van der Waals surface area contributed by atoms with Crippen molar-refractivity contribution < 1.29 is 14.3 Å². The fraction of sp³-hybridized carbons (Fsp3) is 0.318. The molecule has 1 fully saturated rings. The molecule has 2 aliphatic rings. The lowest BCUT2D eigenvalue weighted by Gasteiger charge is -2.39. The minimum Gasteiger partial charge on any atom is -0.489 e. The minimum atomic E-state index is -0.308. The van der Waals surface area contributed by atoms with Crippen LogP contribution >= 0.6 is 0 Å². The molecule has 27 heavy (non-hydrogen) atoms. The van der Waals surface area contributed by atoms with Crippen LogP contribution in [0.1, 0.15) is 34.9 Å². The van der Waals surface area contributed by atoms with E-state index in [0.717, 1.165) is 36.4 Å². The zero-order valence-corrected chi connectivity index (χ0v) is 15.3. The lowest BCUT2D eigenvalue weighted by Crippen LogP contribution is -2.46. The van der Waals surface area contributed by atoms with Gasteiger partial charge in [-0.15, -0.1) is 0 Å². The van der Waals surface area contributed by atoms with Crippen LogP contribution in [0.25, 0.3) is 0 Å². The number of hydrogen-bond acceptors (Lipinski definition) is 4. The molecule has 0 radical (unpaired) electrons. The summed E-state index contributed by atoms with van der Waals surface area (Å²) in [5.74, 6) is 0.766. The third-order valence-electron chi connectivity index (χ3n) is 5.02. The maximum atomic E-state index is 13.3. The van der Waals surface area contributed by atoms with E-state index in [2.05, 4.69) is 11.9 Å². The number of carbonyl (C=O) groups excluding carboxylic acids is 1. The van der Waals surface area contributed by atoms with Crippen molar-refractivity contribution in [1.82, 2.24) is 4.90 Å². The van der Waals surface area contributed by atoms with Crippen molar-refractivity contribution in [3.8, 4) is 5.75 Å². The van der Waals surface area contributed by atoms with E-state index in [1.54, 1.807) is 6.08 Å². The van der Waals surface area contributed by atoms with Crippen molar-refractivity contribution in [2.45, 2.75) is 25.1 Å². The summed E-state index contributed by atoms with van der Waals surface area (Å²) in [6.45, 7) is 5.46. The van der Waals surface area contributed by atoms with Crippen molar-refractivity contribution in [2.24, 2.45) is 0 Å². The van der Waals surface area contributed by atoms with E-state index in [-0.39, 0.29) is 18.2 Å². The van der Waals surface area contributed by atoms with Gasteiger partial charge in [-0.25, -0.2) is 0 Å². The molecule has 1 N–H and O–H groups in total. The van der Waals surface area contributed by atoms with Crippen molar-refractivity contribution >= 4 is 11.6 Å². The number of anilines is 1. The Bertz CT molecular complexity index is 830. The number of fused-ring (bicyclic) bond motifs is 1. The Morgan fingerprint density at radius 1 is 1.22 bits per heavy atom. The Hall–Kier alpha value is -2.79. The fourth-order valence-electron chi connectivity index (χ4n) is 3.72. The average Bonchev–Trinajstić information content (AvgIpc) is 3.22. The lowest BCUT2D eigenvalue weighted by molar-refractivity contribution is 0.0424. The molecule has 2 aromatic carbocycles. The maximum absolute atomic E-state index is 13.3. The average molecular weight is 364 g/mol. The van der Waals surface area contributed by atoms with E-state index < -0.39 is 0 Å². The van der Waals surface area contributed by atoms with Crippen LogP contribution in [-0.4, -0.2) is 36.7 Å². The molecule has 2 unspecified atom stereocenters. The SMILES string of the molecule is C=CCOc1ccccc1C1Nc2ccccc2C(=O)N1CC1CCCO1. The number of amides is 1. The second-order valence-electron chi connectivity index (χ2n) is 6.82. The molecule has 1 amide bonds. The Morgan fingerprint density at radius 3 is 2.85 bits per heavy atom. The quantitative estimate of drug-likeness (QED) is 0.787. The van der Waals surface area contributed by atoms with E-state index in [1.807, 2.05) is 53.4 Å². The van der Waals surface area contributed by atoms with Crippen LogP contribution in [0.3, 0.4) is 0 Å². The molecule has 2 heterocycles. The first kappa shape index (κ1) is 17.6. The number of ether oxygens (including phenoxy) is 2. The van der Waals surface area contributed by atoms with Gasteiger partial charge in [0.05, 0.1) is 11.7 Å². The highest BCUT2D eigenvalue weighted by atomic mass is 16.5. The number of benzene rings is 2. The Kier molecular flexibility index (Phi) is 5.12. The molecule has 4 rings (SSSR count). The Morgan fingerprint density at radius 2 is 2.04 bits per heavy atom. The standard InChI is InChI=1S/C22H24N2O3/c1-2-13-27-20-12-6-4-10-18(20)21-23-19-11-5-3-9-17(19)22(25)24(21)15-16-8-7-14-26-16/h2-6,9-12,16,21,23H,1,7-8,13-15H2. The summed E-state index contributed by atoms with van der Waals surface area (Å²) in [6.07, 6.45) is 3.51. The number of nitrogens with zero attached hydrogens (tertiary/aromatic N) is 1. The van der Waals surface area contributed by atoms with Gasteiger partial charge in [-0.2, -0.15) is 0 Å². The third kappa shape index (κ3) is 3.55. The number of rotatable bonds is 6. The van der Waals surface area contributed by atoms with Gasteiger partial charge in [0.1, 0.15) is 18.5 Å². The van der Waals surface area contributed by atoms with E-state index in [9.17, 15) is 4.79 Å². The number of nitrogens with one attached hydrogen (secondary N) is 1. The van der Waals surface area contributed by atoms with E-state index in [1.165, 1.54) is 0 Å². The maximum Gasteiger partial charge on any atom is 0.257 e. The van der Waals surface area contributed by atoms with Gasteiger partial charge in [0, 0.05) is 24.4 Å². The summed E-state index contributed by atoms with van der Waals surface area (Å²) in [4.78, 5) is 15.2. The van der Waals surface area contributed by atoms with Crippen LogP contribution in [0.2, 0.25) is 0 Å². The summed E-state index contributed by atoms with van der Waals surface area (Å²) < 4.78 is 11.7. The van der Waals surface area contributed by atoms with Crippen LogP contribution in [-0.2, 0) is 4.74 Å². The second-order valence-corrected chi connectivity index (χ2v) is 6.82. The van der Waals surface area contributed by atoms with Crippen molar-refractivity contribution in [2.75, 3.05) is 25.1 Å². The summed E-state index contributed by atoms with van der Waals surface area (Å²) in [7, 11) is 0. The minimum absolute atomic E-state index is 0.0170. The van der Waals surface area contributed by atoms with Gasteiger partial charge in [0.15, 0.2) is 0 Å². The largest absolute Gasteiger partial charge is 0.489 e. The molecule has 0 aliphatic carbocycles. The highest BCUT2D eigenvalue weighted by Crippen LogP contribution is 2.37. The van der Waals surface area contributed by atoms with Gasteiger partial charge in [0.25, 0.3) is 5.91 Å². The Balaban J connectivity index is 1.72. The van der Waals surface area contributed by atoms with Crippen LogP contribution in [0, 0.1) is 0 Å². The van der Waals surface area contributed by atoms with Gasteiger partial charge in [-0.1, -0.05) is 43.0 Å². The van der Waals surface area contributed by atoms with Crippen LogP contribution in [0.5, 0.6) is 5.75 Å². The molecule has 0 saturated carbocycles. The number of para-hydroxylation sites is 2. The van der Waals surface area contributed by atoms with Gasteiger partial charge in [-0.3, -0.25) is 4.79 Å². The summed E-state index contributed by atoms with van der Waals surface area (Å²) in [5, 5.41) is 3.53. The van der Waals surface area contributed by atoms with Crippen LogP contribution in [0.4, 0.5) is 5.69 Å². The zero-order valence-electron chi connectivity index (χ0n) is 15.3. The zero-order chi connectivity index (χ0) is 18.6. The lowest BCUT2D eigenvalue weighted by atomic mass is 10.0. The number of hydrogen-bond donors (Lipinski definition) is 1. The first-order valence-electron chi connectivity index (χ1n) is 9.38. The summed E-state index contributed by atoms with van der Waals surface area (Å²) in [5.41, 5.74) is 2.46. The molecule has 2 aromatic rings. The highest BCUT2D eigenvalue weighted by Gasteiger charge is 2.36. The first-order valence-corrected chi connectivity index (χ1v) is 9.38. The summed E-state index contributed by atoms with van der Waals surface area (Å²) >= 11 is 0. The molecule has 1 saturated heterocycles. The molecule has 0 bridgehead atoms. The van der Waals surface area contributed by atoms with Crippen molar-refractivity contribution in [3.05, 3.63) is 72.3 Å². The second kappa shape index (κ2) is 7.84. The molecular weight excluding hydrogens is 340 g/mol. The third-order valence-corrected chi connectivity index (χ3v) is 5.02. The Labute approximate surface area is 159 Å². The summed E-state index contributed by atoms with van der Waals surface area (Å²) in [6, 6.07) is 15.5. The van der Waals surface area contributed by atoms with E-state index in [0.29, 0.717) is 18.7 Å². The number of carbonyl (C=O) groups is 1. The normalized spacial score (nSPS) is 21.5. The van der Waals surface area contributed by atoms with Crippen molar-refractivity contribution in [3.63, 3.8) is 0 Å². The molecule has 5 nitrogen and oxygen atoms in total. The molecule has 140 valence electrons. The highest BCUT2D eigenvalue weighted by molar-refractivity contribution is 6.01. The molecule has 5 heteroatoms. The monoisotopic (exact) mass is 364 g/mol. The van der Waals surface area contributed by atoms with E-state index in [4.69, 9.17) is 9.47 Å². The predicted molar refractivity (Wildman–Crippen MR) is 105 cm³/mol. The van der Waals surface area contributed by atoms with E-state index >= 15 is 0 Å². The van der Waals surface area contributed by atoms with Gasteiger partial charge in [-0.05, 0) is 31.0 Å². The van der Waals surface area contributed by atoms with Crippen LogP contribution < -0.4 is 10.1 Å². The van der Waals surface area contributed by atoms with Gasteiger partial charge in [0.2, 0.25) is 0 Å². The fourth-order valence-corrected chi connectivity index (χ4v) is 3.72. The topological polar surface area (TPSA) is 50.8 Å². The van der Waals surface area contributed by atoms with Gasteiger partial charge < -0.3 is 19.7 Å². The van der Waals surface area contributed by atoms with Crippen molar-refractivity contribution in [1.29, 1.82) is 0 Å². The smallest absolute Gasteiger partial charge is 0.257 e. The molecule has 2 aliphatic heterocycles. The molecule has 0 aromatic heterocycles. The molecule has 2 atom stereocenters. The predicted octanol–water partition coefficient (Wildman–Crippen LogP) is 4.00. The first-order chi connectivity index (χ1) is 13.3. The van der Waals surface area contributed by atoms with Crippen LogP contribution in [0.15, 0.2) is 61.2 Å².